The maximum atomic E-state index is 13.4. The van der Waals surface area contributed by atoms with Crippen LogP contribution in [0, 0.1) is 11.6 Å². The largest absolute Gasteiger partial charge is 0.490 e. The van der Waals surface area contributed by atoms with Gasteiger partial charge in [0, 0.05) is 0 Å². The van der Waals surface area contributed by atoms with E-state index in [0.29, 0.717) is 6.61 Å². The lowest BCUT2D eigenvalue weighted by molar-refractivity contribution is 0.284. The van der Waals surface area contributed by atoms with Crippen LogP contribution in [0.5, 0.6) is 5.75 Å². The second-order valence-electron chi connectivity index (χ2n) is 4.29. The molecule has 1 aromatic rings. The minimum absolute atomic E-state index is 0.00995. The van der Waals surface area contributed by atoms with Crippen molar-refractivity contribution in [1.82, 2.24) is 0 Å². The van der Waals surface area contributed by atoms with E-state index in [1.54, 1.807) is 0 Å². The molecule has 18 heavy (non-hydrogen) atoms. The third-order valence-electron chi connectivity index (χ3n) is 2.76. The molecule has 0 N–H and O–H groups in total. The van der Waals surface area contributed by atoms with E-state index in [0.717, 1.165) is 12.8 Å². The third kappa shape index (κ3) is 4.92. The Morgan fingerprint density at radius 2 is 1.67 bits per heavy atom. The van der Waals surface area contributed by atoms with E-state index in [1.165, 1.54) is 37.8 Å². The fourth-order valence-corrected chi connectivity index (χ4v) is 1.99. The molecule has 1 rings (SSSR count). The average Bonchev–Trinajstić information content (AvgIpc) is 2.37. The van der Waals surface area contributed by atoms with Gasteiger partial charge in [0.15, 0.2) is 11.6 Å². The molecule has 0 aliphatic heterocycles. The van der Waals surface area contributed by atoms with Gasteiger partial charge < -0.3 is 4.74 Å². The second kappa shape index (κ2) is 8.46. The molecule has 0 saturated carbocycles. The van der Waals surface area contributed by atoms with Crippen LogP contribution in [0.2, 0.25) is 0 Å². The normalized spacial score (nSPS) is 10.7. The maximum absolute atomic E-state index is 13.4. The van der Waals surface area contributed by atoms with Gasteiger partial charge in [0.1, 0.15) is 0 Å². The second-order valence-corrected chi connectivity index (χ2v) is 5.14. The number of unbranched alkanes of at least 4 members (excludes halogenated alkanes) is 5. The molecule has 1 aromatic carbocycles. The van der Waals surface area contributed by atoms with Gasteiger partial charge in [0.05, 0.1) is 11.1 Å². The number of hydrogen-bond donors (Lipinski definition) is 0. The van der Waals surface area contributed by atoms with Crippen molar-refractivity contribution in [3.8, 4) is 5.75 Å². The van der Waals surface area contributed by atoms with Gasteiger partial charge in [0.25, 0.3) is 0 Å². The van der Waals surface area contributed by atoms with Crippen LogP contribution < -0.4 is 4.74 Å². The molecule has 0 spiro atoms. The predicted octanol–water partition coefficient (Wildman–Crippen LogP) is 5.47. The number of benzene rings is 1. The van der Waals surface area contributed by atoms with Crippen molar-refractivity contribution in [3.05, 3.63) is 28.2 Å². The van der Waals surface area contributed by atoms with Gasteiger partial charge in [-0.25, -0.2) is 4.39 Å². The Kier molecular flexibility index (Phi) is 7.25. The summed E-state index contributed by atoms with van der Waals surface area (Å²) in [5, 5.41) is 0. The smallest absolute Gasteiger partial charge is 0.201 e. The van der Waals surface area contributed by atoms with Crippen LogP contribution in [0.3, 0.4) is 0 Å². The summed E-state index contributed by atoms with van der Waals surface area (Å²) >= 11 is 2.93. The molecule has 0 bridgehead atoms. The van der Waals surface area contributed by atoms with Crippen LogP contribution in [0.15, 0.2) is 16.6 Å². The van der Waals surface area contributed by atoms with Crippen molar-refractivity contribution in [2.24, 2.45) is 0 Å². The van der Waals surface area contributed by atoms with Crippen molar-refractivity contribution in [2.75, 3.05) is 6.61 Å². The highest BCUT2D eigenvalue weighted by atomic mass is 79.9. The topological polar surface area (TPSA) is 9.23 Å². The molecule has 0 aromatic heterocycles. The van der Waals surface area contributed by atoms with Crippen molar-refractivity contribution < 1.29 is 13.5 Å². The van der Waals surface area contributed by atoms with Crippen LogP contribution in [-0.4, -0.2) is 6.61 Å². The van der Waals surface area contributed by atoms with Gasteiger partial charge in [-0.2, -0.15) is 4.39 Å². The Labute approximate surface area is 116 Å². The molecular weight excluding hydrogens is 302 g/mol. The molecule has 1 nitrogen and oxygen atoms in total. The van der Waals surface area contributed by atoms with E-state index in [2.05, 4.69) is 22.9 Å². The first-order valence-electron chi connectivity index (χ1n) is 6.43. The van der Waals surface area contributed by atoms with Crippen molar-refractivity contribution in [3.63, 3.8) is 0 Å². The summed E-state index contributed by atoms with van der Waals surface area (Å²) in [6.07, 6.45) is 6.83. The van der Waals surface area contributed by atoms with E-state index in [4.69, 9.17) is 4.74 Å². The highest BCUT2D eigenvalue weighted by molar-refractivity contribution is 9.10. The molecule has 0 unspecified atom stereocenters. The monoisotopic (exact) mass is 320 g/mol. The van der Waals surface area contributed by atoms with Gasteiger partial charge in [-0.05, 0) is 34.5 Å². The molecule has 0 aliphatic carbocycles. The summed E-state index contributed by atoms with van der Waals surface area (Å²) in [7, 11) is 0. The van der Waals surface area contributed by atoms with Gasteiger partial charge >= 0.3 is 0 Å². The van der Waals surface area contributed by atoms with E-state index in [1.807, 2.05) is 0 Å². The fraction of sp³-hybridized carbons (Fsp3) is 0.571. The molecule has 0 saturated heterocycles. The summed E-state index contributed by atoms with van der Waals surface area (Å²) in [5.41, 5.74) is 0. The zero-order chi connectivity index (χ0) is 13.4. The first kappa shape index (κ1) is 15.4. The zero-order valence-corrected chi connectivity index (χ0v) is 12.2. The van der Waals surface area contributed by atoms with E-state index in [9.17, 15) is 8.78 Å². The van der Waals surface area contributed by atoms with E-state index in [-0.39, 0.29) is 10.2 Å². The average molecular weight is 321 g/mol. The number of rotatable bonds is 8. The Morgan fingerprint density at radius 3 is 2.39 bits per heavy atom. The van der Waals surface area contributed by atoms with E-state index >= 15 is 0 Å². The standard InChI is InChI=1S/C14H19BrF2O/c1-2-3-4-5-6-7-10-18-12-9-8-11(15)13(16)14(12)17/h8-9H,2-7,10H2,1H3. The van der Waals surface area contributed by atoms with Gasteiger partial charge in [-0.1, -0.05) is 39.0 Å². The molecule has 0 heterocycles. The highest BCUT2D eigenvalue weighted by Crippen LogP contribution is 2.26. The maximum Gasteiger partial charge on any atom is 0.201 e. The Morgan fingerprint density at radius 1 is 1.00 bits per heavy atom. The van der Waals surface area contributed by atoms with Crippen LogP contribution >= 0.6 is 15.9 Å². The molecule has 0 fully saturated rings. The predicted molar refractivity (Wildman–Crippen MR) is 72.9 cm³/mol. The first-order valence-corrected chi connectivity index (χ1v) is 7.22. The van der Waals surface area contributed by atoms with Crippen LogP contribution in [-0.2, 0) is 0 Å². The van der Waals surface area contributed by atoms with Crippen LogP contribution in [0.4, 0.5) is 8.78 Å². The number of ether oxygens (including phenoxy) is 1. The quantitative estimate of drug-likeness (QED) is 0.456. The molecule has 0 amide bonds. The van der Waals surface area contributed by atoms with Crippen molar-refractivity contribution in [2.45, 2.75) is 45.4 Å². The van der Waals surface area contributed by atoms with Gasteiger partial charge in [0.2, 0.25) is 5.82 Å². The summed E-state index contributed by atoms with van der Waals surface area (Å²) in [4.78, 5) is 0. The lowest BCUT2D eigenvalue weighted by atomic mass is 10.1. The molecule has 0 radical (unpaired) electrons. The fourth-order valence-electron chi connectivity index (χ4n) is 1.68. The summed E-state index contributed by atoms with van der Waals surface area (Å²) in [6, 6.07) is 2.90. The lowest BCUT2D eigenvalue weighted by Crippen LogP contribution is -2.01. The van der Waals surface area contributed by atoms with Crippen molar-refractivity contribution >= 4 is 15.9 Å². The van der Waals surface area contributed by atoms with E-state index < -0.39 is 11.6 Å². The molecule has 0 aliphatic rings. The van der Waals surface area contributed by atoms with Crippen molar-refractivity contribution in [1.29, 1.82) is 0 Å². The minimum atomic E-state index is -0.921. The first-order chi connectivity index (χ1) is 8.66. The minimum Gasteiger partial charge on any atom is -0.490 e. The third-order valence-corrected chi connectivity index (χ3v) is 3.37. The van der Waals surface area contributed by atoms with Crippen LogP contribution in [0.25, 0.3) is 0 Å². The van der Waals surface area contributed by atoms with Gasteiger partial charge in [-0.3, -0.25) is 0 Å². The van der Waals surface area contributed by atoms with Gasteiger partial charge in [-0.15, -0.1) is 0 Å². The molecule has 102 valence electrons. The molecular formula is C14H19BrF2O. The summed E-state index contributed by atoms with van der Waals surface area (Å²) in [5.74, 6) is -1.82. The number of halogens is 3. The number of hydrogen-bond acceptors (Lipinski definition) is 1. The van der Waals surface area contributed by atoms with Crippen LogP contribution in [0.1, 0.15) is 45.4 Å². The lowest BCUT2D eigenvalue weighted by Gasteiger charge is -2.08. The molecule has 0 atom stereocenters. The highest BCUT2D eigenvalue weighted by Gasteiger charge is 2.12. The molecule has 4 heteroatoms. The zero-order valence-electron chi connectivity index (χ0n) is 10.6. The summed E-state index contributed by atoms with van der Waals surface area (Å²) in [6.45, 7) is 2.61. The summed E-state index contributed by atoms with van der Waals surface area (Å²) < 4.78 is 32.0. The SMILES string of the molecule is CCCCCCCCOc1ccc(Br)c(F)c1F. The Bertz CT molecular complexity index is 369. The Hall–Kier alpha value is -0.640. The Balaban J connectivity index is 2.25.